The fourth-order valence-corrected chi connectivity index (χ4v) is 4.40. The van der Waals surface area contributed by atoms with Gasteiger partial charge in [-0.25, -0.2) is 0 Å². The van der Waals surface area contributed by atoms with E-state index in [1.54, 1.807) is 11.8 Å². The van der Waals surface area contributed by atoms with Crippen molar-refractivity contribution in [1.29, 1.82) is 0 Å². The van der Waals surface area contributed by atoms with Gasteiger partial charge in [-0.3, -0.25) is 9.59 Å². The number of hydrogen-bond donors (Lipinski definition) is 3. The number of thioether (sulfide) groups is 1. The Labute approximate surface area is 129 Å². The van der Waals surface area contributed by atoms with Crippen molar-refractivity contribution >= 4 is 23.6 Å². The van der Waals surface area contributed by atoms with Crippen LogP contribution in [0.25, 0.3) is 0 Å². The monoisotopic (exact) mass is 312 g/mol. The van der Waals surface area contributed by atoms with E-state index < -0.39 is 5.60 Å². The van der Waals surface area contributed by atoms with Crippen LogP contribution in [-0.2, 0) is 9.59 Å². The van der Waals surface area contributed by atoms with Gasteiger partial charge in [0.25, 0.3) is 5.91 Å². The Bertz CT molecular complexity index is 419. The SMILES string of the molecule is O=C(NC1CC1)C1CCCC(NC(=O)C2(O)CCSC2)C1. The fourth-order valence-electron chi connectivity index (χ4n) is 3.16. The quantitative estimate of drug-likeness (QED) is 0.718. The van der Waals surface area contributed by atoms with Crippen LogP contribution in [0, 0.1) is 5.92 Å². The van der Waals surface area contributed by atoms with Crippen molar-refractivity contribution in [3.05, 3.63) is 0 Å². The number of amides is 2. The Morgan fingerprint density at radius 2 is 1.90 bits per heavy atom. The summed E-state index contributed by atoms with van der Waals surface area (Å²) in [6.45, 7) is 0. The van der Waals surface area contributed by atoms with Crippen molar-refractivity contribution in [3.8, 4) is 0 Å². The first kappa shape index (κ1) is 15.2. The van der Waals surface area contributed by atoms with E-state index in [4.69, 9.17) is 0 Å². The molecular weight excluding hydrogens is 288 g/mol. The third-order valence-corrected chi connectivity index (χ3v) is 5.90. The lowest BCUT2D eigenvalue weighted by atomic mass is 9.84. The summed E-state index contributed by atoms with van der Waals surface area (Å²) in [5, 5.41) is 16.3. The van der Waals surface area contributed by atoms with E-state index in [1.807, 2.05) is 0 Å². The molecule has 1 heterocycles. The summed E-state index contributed by atoms with van der Waals surface area (Å²) in [5.74, 6) is 1.22. The minimum atomic E-state index is -1.20. The molecule has 3 N–H and O–H groups in total. The summed E-state index contributed by atoms with van der Waals surface area (Å²) in [7, 11) is 0. The number of carbonyl (C=O) groups is 2. The van der Waals surface area contributed by atoms with Crippen molar-refractivity contribution in [2.24, 2.45) is 5.92 Å². The van der Waals surface area contributed by atoms with Gasteiger partial charge < -0.3 is 15.7 Å². The molecular formula is C15H24N2O3S. The minimum absolute atomic E-state index is 0.0113. The van der Waals surface area contributed by atoms with Crippen molar-refractivity contribution < 1.29 is 14.7 Å². The van der Waals surface area contributed by atoms with Gasteiger partial charge in [-0.05, 0) is 44.3 Å². The Hall–Kier alpha value is -0.750. The molecule has 0 spiro atoms. The van der Waals surface area contributed by atoms with Crippen LogP contribution >= 0.6 is 11.8 Å². The van der Waals surface area contributed by atoms with Crippen LogP contribution in [0.2, 0.25) is 0 Å². The fraction of sp³-hybridized carbons (Fsp3) is 0.867. The molecule has 118 valence electrons. The molecule has 0 aromatic heterocycles. The predicted octanol–water partition coefficient (Wildman–Crippen LogP) is 0.808. The highest BCUT2D eigenvalue weighted by Gasteiger charge is 2.41. The van der Waals surface area contributed by atoms with E-state index in [2.05, 4.69) is 10.6 Å². The molecule has 21 heavy (non-hydrogen) atoms. The zero-order valence-electron chi connectivity index (χ0n) is 12.3. The minimum Gasteiger partial charge on any atom is -0.379 e. The van der Waals surface area contributed by atoms with Crippen molar-refractivity contribution in [3.63, 3.8) is 0 Å². The standard InChI is InChI=1S/C15H24N2O3S/c18-13(16-11-4-5-11)10-2-1-3-12(8-10)17-14(19)15(20)6-7-21-9-15/h10-12,20H,1-9H2,(H,16,18)(H,17,19). The lowest BCUT2D eigenvalue weighted by molar-refractivity contribution is -0.139. The Morgan fingerprint density at radius 1 is 1.10 bits per heavy atom. The van der Waals surface area contributed by atoms with Gasteiger partial charge in [0.1, 0.15) is 0 Å². The molecule has 3 aliphatic rings. The largest absolute Gasteiger partial charge is 0.379 e. The van der Waals surface area contributed by atoms with Crippen LogP contribution in [0.3, 0.4) is 0 Å². The molecule has 3 fully saturated rings. The molecule has 5 nitrogen and oxygen atoms in total. The van der Waals surface area contributed by atoms with Crippen molar-refractivity contribution in [2.75, 3.05) is 11.5 Å². The summed E-state index contributed by atoms with van der Waals surface area (Å²) < 4.78 is 0. The van der Waals surface area contributed by atoms with Gasteiger partial charge in [0, 0.05) is 23.8 Å². The van der Waals surface area contributed by atoms with Crippen LogP contribution in [0.15, 0.2) is 0 Å². The van der Waals surface area contributed by atoms with Crippen molar-refractivity contribution in [2.45, 2.75) is 62.6 Å². The van der Waals surface area contributed by atoms with Crippen LogP contribution in [-0.4, -0.2) is 46.1 Å². The van der Waals surface area contributed by atoms with Crippen LogP contribution in [0.1, 0.15) is 44.9 Å². The molecule has 3 atom stereocenters. The second-order valence-electron chi connectivity index (χ2n) is 6.65. The number of rotatable bonds is 4. The number of nitrogens with one attached hydrogen (secondary N) is 2. The lowest BCUT2D eigenvalue weighted by Gasteiger charge is -2.31. The van der Waals surface area contributed by atoms with Gasteiger partial charge in [0.15, 0.2) is 5.60 Å². The first-order valence-electron chi connectivity index (χ1n) is 7.98. The summed E-state index contributed by atoms with van der Waals surface area (Å²) >= 11 is 1.62. The first-order valence-corrected chi connectivity index (χ1v) is 9.14. The van der Waals surface area contributed by atoms with E-state index in [-0.39, 0.29) is 23.8 Å². The van der Waals surface area contributed by atoms with E-state index in [0.717, 1.165) is 37.9 Å². The van der Waals surface area contributed by atoms with Crippen molar-refractivity contribution in [1.82, 2.24) is 10.6 Å². The third-order valence-electron chi connectivity index (χ3n) is 4.73. The molecule has 1 saturated heterocycles. The highest BCUT2D eigenvalue weighted by atomic mass is 32.2. The second kappa shape index (κ2) is 6.16. The van der Waals surface area contributed by atoms with Gasteiger partial charge >= 0.3 is 0 Å². The van der Waals surface area contributed by atoms with Gasteiger partial charge in [-0.1, -0.05) is 6.42 Å². The van der Waals surface area contributed by atoms with E-state index in [0.29, 0.717) is 24.6 Å². The van der Waals surface area contributed by atoms with Crippen LogP contribution in [0.4, 0.5) is 0 Å². The molecule has 3 rings (SSSR count). The van der Waals surface area contributed by atoms with E-state index >= 15 is 0 Å². The van der Waals surface area contributed by atoms with Gasteiger partial charge in [0.05, 0.1) is 0 Å². The Kier molecular flexibility index (Phi) is 4.45. The highest BCUT2D eigenvalue weighted by Crippen LogP contribution is 2.30. The van der Waals surface area contributed by atoms with Gasteiger partial charge in [0.2, 0.25) is 5.91 Å². The number of aliphatic hydroxyl groups is 1. The van der Waals surface area contributed by atoms with Gasteiger partial charge in [-0.15, -0.1) is 0 Å². The molecule has 6 heteroatoms. The average Bonchev–Trinajstić information content (AvgIpc) is 3.17. The molecule has 0 radical (unpaired) electrons. The molecule has 2 aliphatic carbocycles. The summed E-state index contributed by atoms with van der Waals surface area (Å²) in [5.41, 5.74) is -1.20. The molecule has 0 bridgehead atoms. The summed E-state index contributed by atoms with van der Waals surface area (Å²) in [4.78, 5) is 24.3. The molecule has 2 saturated carbocycles. The maximum atomic E-state index is 12.2. The second-order valence-corrected chi connectivity index (χ2v) is 7.76. The van der Waals surface area contributed by atoms with Crippen LogP contribution in [0.5, 0.6) is 0 Å². The molecule has 0 aromatic carbocycles. The third kappa shape index (κ3) is 3.72. The average molecular weight is 312 g/mol. The number of carbonyl (C=O) groups excluding carboxylic acids is 2. The highest BCUT2D eigenvalue weighted by molar-refractivity contribution is 7.99. The topological polar surface area (TPSA) is 78.4 Å². The predicted molar refractivity (Wildman–Crippen MR) is 81.9 cm³/mol. The maximum Gasteiger partial charge on any atom is 0.253 e. The molecule has 3 unspecified atom stereocenters. The smallest absolute Gasteiger partial charge is 0.253 e. The Balaban J connectivity index is 1.50. The van der Waals surface area contributed by atoms with Gasteiger partial charge in [-0.2, -0.15) is 11.8 Å². The normalized spacial score (nSPS) is 36.2. The maximum absolute atomic E-state index is 12.2. The number of hydrogen-bond acceptors (Lipinski definition) is 4. The zero-order chi connectivity index (χ0) is 14.9. The molecule has 2 amide bonds. The summed E-state index contributed by atoms with van der Waals surface area (Å²) in [6, 6.07) is 0.416. The van der Waals surface area contributed by atoms with Crippen LogP contribution < -0.4 is 10.6 Å². The zero-order valence-corrected chi connectivity index (χ0v) is 13.1. The Morgan fingerprint density at radius 3 is 2.57 bits per heavy atom. The molecule has 1 aliphatic heterocycles. The molecule has 0 aromatic rings. The van der Waals surface area contributed by atoms with E-state index in [1.165, 1.54) is 0 Å². The lowest BCUT2D eigenvalue weighted by Crippen LogP contribution is -2.52. The van der Waals surface area contributed by atoms with E-state index in [9.17, 15) is 14.7 Å². The first-order chi connectivity index (χ1) is 10.1. The summed E-state index contributed by atoms with van der Waals surface area (Å²) in [6.07, 6.45) is 6.20.